The highest BCUT2D eigenvalue weighted by atomic mass is 16.4. The van der Waals surface area contributed by atoms with Crippen molar-refractivity contribution in [1.29, 1.82) is 0 Å². The van der Waals surface area contributed by atoms with Crippen LogP contribution >= 0.6 is 0 Å². The van der Waals surface area contributed by atoms with E-state index in [-0.39, 0.29) is 6.03 Å². The number of hydrogen-bond acceptors (Lipinski definition) is 2. The molecule has 0 spiro atoms. The molecule has 5 heteroatoms. The lowest BCUT2D eigenvalue weighted by molar-refractivity contribution is -0.141. The van der Waals surface area contributed by atoms with Crippen LogP contribution in [-0.4, -0.2) is 52.6 Å². The average molecular weight is 238 g/mol. The first-order chi connectivity index (χ1) is 8.13. The maximum atomic E-state index is 12.2. The summed E-state index contributed by atoms with van der Waals surface area (Å²) in [6.07, 6.45) is 4.39. The van der Waals surface area contributed by atoms with Crippen LogP contribution in [0.4, 0.5) is 4.79 Å². The highest BCUT2D eigenvalue weighted by molar-refractivity contribution is 5.78. The molecule has 2 aliphatic rings. The summed E-state index contributed by atoms with van der Waals surface area (Å²) in [6, 6.07) is 0.306. The van der Waals surface area contributed by atoms with Gasteiger partial charge in [-0.05, 0) is 19.3 Å². The number of carboxylic acids is 1. The second-order valence-corrected chi connectivity index (χ2v) is 4.72. The van der Waals surface area contributed by atoms with Crippen LogP contribution in [0.15, 0.2) is 12.7 Å². The first kappa shape index (κ1) is 12.0. The van der Waals surface area contributed by atoms with Crippen LogP contribution in [0.25, 0.3) is 0 Å². The third kappa shape index (κ3) is 2.60. The molecule has 0 aromatic rings. The van der Waals surface area contributed by atoms with E-state index in [2.05, 4.69) is 6.58 Å². The maximum Gasteiger partial charge on any atom is 0.320 e. The minimum atomic E-state index is -0.804. The quantitative estimate of drug-likeness (QED) is 0.748. The number of nitrogens with zero attached hydrogens (tertiary/aromatic N) is 2. The molecule has 2 amide bonds. The van der Waals surface area contributed by atoms with Gasteiger partial charge >= 0.3 is 12.0 Å². The number of rotatable bonds is 4. The van der Waals surface area contributed by atoms with Gasteiger partial charge in [-0.3, -0.25) is 4.79 Å². The van der Waals surface area contributed by atoms with E-state index in [1.165, 1.54) is 0 Å². The molecule has 94 valence electrons. The molecule has 2 fully saturated rings. The molecule has 1 N–H and O–H groups in total. The van der Waals surface area contributed by atoms with E-state index in [1.54, 1.807) is 15.9 Å². The number of amides is 2. The molecule has 17 heavy (non-hydrogen) atoms. The van der Waals surface area contributed by atoms with Gasteiger partial charge in [0.25, 0.3) is 0 Å². The fourth-order valence-corrected chi connectivity index (χ4v) is 2.23. The van der Waals surface area contributed by atoms with Gasteiger partial charge in [0.2, 0.25) is 0 Å². The van der Waals surface area contributed by atoms with Crippen LogP contribution in [0.1, 0.15) is 19.3 Å². The molecule has 1 saturated carbocycles. The molecule has 1 aliphatic carbocycles. The van der Waals surface area contributed by atoms with Gasteiger partial charge in [-0.15, -0.1) is 6.58 Å². The first-order valence-electron chi connectivity index (χ1n) is 6.02. The van der Waals surface area contributed by atoms with E-state index in [1.807, 2.05) is 0 Å². The number of likely N-dealkylation sites (tertiary alicyclic amines) is 1. The van der Waals surface area contributed by atoms with Crippen molar-refractivity contribution in [3.05, 3.63) is 12.7 Å². The van der Waals surface area contributed by atoms with Crippen LogP contribution in [-0.2, 0) is 4.79 Å². The standard InChI is InChI=1S/C12H18N2O3/c1-2-6-14(10-3-4-10)12(17)13-7-5-9(8-13)11(15)16/h2,9-10H,1,3-8H2,(H,15,16). The van der Waals surface area contributed by atoms with Gasteiger partial charge in [-0.1, -0.05) is 6.08 Å². The predicted octanol–water partition coefficient (Wildman–Crippen LogP) is 1.16. The molecule has 1 atom stereocenters. The fraction of sp³-hybridized carbons (Fsp3) is 0.667. The molecule has 1 saturated heterocycles. The van der Waals surface area contributed by atoms with Crippen LogP contribution < -0.4 is 0 Å². The Morgan fingerprint density at radius 3 is 2.59 bits per heavy atom. The Balaban J connectivity index is 1.94. The summed E-state index contributed by atoms with van der Waals surface area (Å²) in [6.45, 7) is 5.10. The number of carbonyl (C=O) groups excluding carboxylic acids is 1. The van der Waals surface area contributed by atoms with Gasteiger partial charge in [-0.2, -0.15) is 0 Å². The van der Waals surface area contributed by atoms with Gasteiger partial charge in [0, 0.05) is 25.7 Å². The number of carboxylic acid groups (broad SMARTS) is 1. The van der Waals surface area contributed by atoms with Crippen molar-refractivity contribution in [3.63, 3.8) is 0 Å². The van der Waals surface area contributed by atoms with Crippen molar-refractivity contribution >= 4 is 12.0 Å². The van der Waals surface area contributed by atoms with Crippen molar-refractivity contribution in [1.82, 2.24) is 9.80 Å². The van der Waals surface area contributed by atoms with E-state index in [0.29, 0.717) is 32.1 Å². The lowest BCUT2D eigenvalue weighted by Crippen LogP contribution is -2.43. The Hall–Kier alpha value is -1.52. The first-order valence-corrected chi connectivity index (χ1v) is 6.02. The van der Waals surface area contributed by atoms with Gasteiger partial charge in [0.15, 0.2) is 0 Å². The van der Waals surface area contributed by atoms with Gasteiger partial charge in [0.1, 0.15) is 0 Å². The third-order valence-corrected chi connectivity index (χ3v) is 3.37. The Morgan fingerprint density at radius 1 is 1.41 bits per heavy atom. The van der Waals surface area contributed by atoms with Crippen LogP contribution in [0.5, 0.6) is 0 Å². The van der Waals surface area contributed by atoms with E-state index >= 15 is 0 Å². The summed E-state index contributed by atoms with van der Waals surface area (Å²) in [4.78, 5) is 26.5. The summed E-state index contributed by atoms with van der Waals surface area (Å²) in [7, 11) is 0. The van der Waals surface area contributed by atoms with E-state index in [9.17, 15) is 9.59 Å². The van der Waals surface area contributed by atoms with Gasteiger partial charge in [-0.25, -0.2) is 4.79 Å². The number of hydrogen-bond donors (Lipinski definition) is 1. The molecule has 0 aromatic carbocycles. The number of urea groups is 1. The zero-order valence-electron chi connectivity index (χ0n) is 9.84. The summed E-state index contributed by atoms with van der Waals surface area (Å²) in [5, 5.41) is 8.91. The van der Waals surface area contributed by atoms with Crippen molar-refractivity contribution in [3.8, 4) is 0 Å². The molecule has 0 bridgehead atoms. The van der Waals surface area contributed by atoms with Crippen molar-refractivity contribution < 1.29 is 14.7 Å². The minimum absolute atomic E-state index is 0.0313. The van der Waals surface area contributed by atoms with Crippen LogP contribution in [0, 0.1) is 5.92 Å². The second kappa shape index (κ2) is 4.77. The number of aliphatic carboxylic acids is 1. The largest absolute Gasteiger partial charge is 0.481 e. The Kier molecular flexibility index (Phi) is 3.36. The van der Waals surface area contributed by atoms with Crippen molar-refractivity contribution in [2.75, 3.05) is 19.6 Å². The molecule has 0 radical (unpaired) electrons. The highest BCUT2D eigenvalue weighted by Gasteiger charge is 2.37. The zero-order valence-corrected chi connectivity index (χ0v) is 9.84. The molecule has 2 rings (SSSR count). The maximum absolute atomic E-state index is 12.2. The summed E-state index contributed by atoms with van der Waals surface area (Å²) < 4.78 is 0. The Labute approximate surface area is 101 Å². The lowest BCUT2D eigenvalue weighted by atomic mass is 10.1. The molecular formula is C12H18N2O3. The van der Waals surface area contributed by atoms with Crippen molar-refractivity contribution in [2.45, 2.75) is 25.3 Å². The third-order valence-electron chi connectivity index (χ3n) is 3.37. The van der Waals surface area contributed by atoms with E-state index in [0.717, 1.165) is 12.8 Å². The van der Waals surface area contributed by atoms with Crippen LogP contribution in [0.2, 0.25) is 0 Å². The van der Waals surface area contributed by atoms with Crippen LogP contribution in [0.3, 0.4) is 0 Å². The van der Waals surface area contributed by atoms with Crippen molar-refractivity contribution in [2.24, 2.45) is 5.92 Å². The molecule has 1 heterocycles. The SMILES string of the molecule is C=CCN(C(=O)N1CCC(C(=O)O)C1)C1CC1. The summed E-state index contributed by atoms with van der Waals surface area (Å²) in [5.74, 6) is -1.20. The molecular weight excluding hydrogens is 220 g/mol. The Morgan fingerprint density at radius 2 is 2.12 bits per heavy atom. The second-order valence-electron chi connectivity index (χ2n) is 4.72. The average Bonchev–Trinajstić information content (AvgIpc) is 3.00. The van der Waals surface area contributed by atoms with E-state index in [4.69, 9.17) is 5.11 Å². The molecule has 1 unspecified atom stereocenters. The smallest absolute Gasteiger partial charge is 0.320 e. The molecule has 1 aliphatic heterocycles. The highest BCUT2D eigenvalue weighted by Crippen LogP contribution is 2.29. The Bertz CT molecular complexity index is 339. The molecule has 5 nitrogen and oxygen atoms in total. The number of carbonyl (C=O) groups is 2. The summed E-state index contributed by atoms with van der Waals surface area (Å²) in [5.41, 5.74) is 0. The minimum Gasteiger partial charge on any atom is -0.481 e. The van der Waals surface area contributed by atoms with E-state index < -0.39 is 11.9 Å². The predicted molar refractivity (Wildman–Crippen MR) is 62.6 cm³/mol. The topological polar surface area (TPSA) is 60.9 Å². The molecule has 0 aromatic heterocycles. The fourth-order valence-electron chi connectivity index (χ4n) is 2.23. The lowest BCUT2D eigenvalue weighted by Gasteiger charge is -2.27. The zero-order chi connectivity index (χ0) is 12.4. The monoisotopic (exact) mass is 238 g/mol. The van der Waals surface area contributed by atoms with Gasteiger partial charge < -0.3 is 14.9 Å². The summed E-state index contributed by atoms with van der Waals surface area (Å²) >= 11 is 0. The van der Waals surface area contributed by atoms with Gasteiger partial charge in [0.05, 0.1) is 5.92 Å². The normalized spacial score (nSPS) is 23.5.